The number of ether oxygens (including phenoxy) is 1. The topological polar surface area (TPSA) is 65.3 Å². The third-order valence-corrected chi connectivity index (χ3v) is 4.36. The molecule has 24 heavy (non-hydrogen) atoms. The number of hydrogen-bond acceptors (Lipinski definition) is 4. The normalized spacial score (nSPS) is 20.2. The third kappa shape index (κ3) is 4.27. The lowest BCUT2D eigenvalue weighted by atomic mass is 9.95. The maximum absolute atomic E-state index is 9.98. The van der Waals surface area contributed by atoms with Crippen molar-refractivity contribution in [2.45, 2.75) is 44.4 Å². The molecule has 2 unspecified atom stereocenters. The van der Waals surface area contributed by atoms with Crippen LogP contribution in [0, 0.1) is 11.3 Å². The van der Waals surface area contributed by atoms with E-state index in [1.54, 1.807) is 6.07 Å². The highest BCUT2D eigenvalue weighted by atomic mass is 16.5. The van der Waals surface area contributed by atoms with Crippen LogP contribution in [-0.4, -0.2) is 17.3 Å². The molecule has 0 bridgehead atoms. The van der Waals surface area contributed by atoms with Crippen molar-refractivity contribution in [1.29, 1.82) is 5.26 Å². The largest absolute Gasteiger partial charge is 0.488 e. The van der Waals surface area contributed by atoms with E-state index in [1.807, 2.05) is 42.5 Å². The Labute approximate surface area is 142 Å². The third-order valence-electron chi connectivity index (χ3n) is 4.36. The van der Waals surface area contributed by atoms with E-state index in [9.17, 15) is 5.11 Å². The molecule has 4 nitrogen and oxygen atoms in total. The molecular formula is C20H22N2O2. The van der Waals surface area contributed by atoms with E-state index >= 15 is 0 Å². The van der Waals surface area contributed by atoms with Crippen molar-refractivity contribution < 1.29 is 9.84 Å². The Kier molecular flexibility index (Phi) is 5.35. The van der Waals surface area contributed by atoms with Crippen molar-refractivity contribution in [3.63, 3.8) is 0 Å². The number of aliphatic hydroxyl groups is 1. The van der Waals surface area contributed by atoms with Gasteiger partial charge in [0.2, 0.25) is 0 Å². The second kappa shape index (κ2) is 7.85. The second-order valence-electron chi connectivity index (χ2n) is 6.20. The molecule has 2 aromatic rings. The van der Waals surface area contributed by atoms with Crippen LogP contribution >= 0.6 is 0 Å². The first kappa shape index (κ1) is 16.4. The van der Waals surface area contributed by atoms with Gasteiger partial charge in [-0.1, -0.05) is 18.6 Å². The number of hydrogen-bond donors (Lipinski definition) is 2. The van der Waals surface area contributed by atoms with Gasteiger partial charge in [0.15, 0.2) is 0 Å². The van der Waals surface area contributed by atoms with Gasteiger partial charge in [-0.3, -0.25) is 0 Å². The van der Waals surface area contributed by atoms with Crippen molar-refractivity contribution in [2.24, 2.45) is 0 Å². The quantitative estimate of drug-likeness (QED) is 0.877. The van der Waals surface area contributed by atoms with Gasteiger partial charge in [0.05, 0.1) is 17.7 Å². The van der Waals surface area contributed by atoms with E-state index in [2.05, 4.69) is 11.4 Å². The summed E-state index contributed by atoms with van der Waals surface area (Å²) >= 11 is 0. The lowest BCUT2D eigenvalue weighted by molar-refractivity contribution is 0.00688. The Morgan fingerprint density at radius 3 is 2.67 bits per heavy atom. The molecule has 0 radical (unpaired) electrons. The molecule has 1 saturated carbocycles. The Hall–Kier alpha value is -2.51. The highest BCUT2D eigenvalue weighted by molar-refractivity contribution is 5.47. The zero-order chi connectivity index (χ0) is 16.8. The van der Waals surface area contributed by atoms with Gasteiger partial charge in [-0.05, 0) is 61.2 Å². The number of nitriles is 1. The first-order chi connectivity index (χ1) is 11.7. The van der Waals surface area contributed by atoms with Gasteiger partial charge < -0.3 is 15.2 Å². The standard InChI is InChI=1S/C20H22N2O2/c21-13-15-4-3-5-16(12-15)14-22-17-8-10-18(11-9-17)24-20-7-2-1-6-19(20)23/h3-5,8-12,19-20,22-23H,1-2,6-7,14H2. The summed E-state index contributed by atoms with van der Waals surface area (Å²) in [5.41, 5.74) is 2.73. The number of anilines is 1. The molecule has 0 aromatic heterocycles. The Bertz CT molecular complexity index is 706. The van der Waals surface area contributed by atoms with Crippen LogP contribution < -0.4 is 10.1 Å². The van der Waals surface area contributed by atoms with Gasteiger partial charge in [0.1, 0.15) is 11.9 Å². The monoisotopic (exact) mass is 322 g/mol. The maximum atomic E-state index is 9.98. The zero-order valence-corrected chi connectivity index (χ0v) is 13.6. The highest BCUT2D eigenvalue weighted by Crippen LogP contribution is 2.25. The van der Waals surface area contributed by atoms with Gasteiger partial charge in [-0.25, -0.2) is 0 Å². The first-order valence-corrected chi connectivity index (χ1v) is 8.42. The van der Waals surface area contributed by atoms with Crippen LogP contribution in [0.2, 0.25) is 0 Å². The summed E-state index contributed by atoms with van der Waals surface area (Å²) < 4.78 is 5.90. The fraction of sp³-hybridized carbons (Fsp3) is 0.350. The van der Waals surface area contributed by atoms with E-state index in [0.717, 1.165) is 42.7 Å². The first-order valence-electron chi connectivity index (χ1n) is 8.42. The predicted molar refractivity (Wildman–Crippen MR) is 93.8 cm³/mol. The van der Waals surface area contributed by atoms with E-state index in [1.165, 1.54) is 0 Å². The van der Waals surface area contributed by atoms with Crippen LogP contribution in [-0.2, 0) is 6.54 Å². The minimum Gasteiger partial charge on any atom is -0.488 e. The van der Waals surface area contributed by atoms with Crippen molar-refractivity contribution in [3.05, 3.63) is 59.7 Å². The molecule has 2 atom stereocenters. The molecule has 0 aliphatic heterocycles. The minimum absolute atomic E-state index is 0.0914. The Balaban J connectivity index is 1.55. The summed E-state index contributed by atoms with van der Waals surface area (Å²) in [6, 6.07) is 17.5. The lowest BCUT2D eigenvalue weighted by Crippen LogP contribution is -2.34. The molecule has 1 aliphatic carbocycles. The molecule has 4 heteroatoms. The lowest BCUT2D eigenvalue weighted by Gasteiger charge is -2.28. The number of nitrogens with one attached hydrogen (secondary N) is 1. The SMILES string of the molecule is N#Cc1cccc(CNc2ccc(OC3CCCCC3O)cc2)c1. The molecule has 0 amide bonds. The second-order valence-corrected chi connectivity index (χ2v) is 6.20. The summed E-state index contributed by atoms with van der Waals surface area (Å²) in [5.74, 6) is 0.790. The van der Waals surface area contributed by atoms with Crippen molar-refractivity contribution >= 4 is 5.69 Å². The molecular weight excluding hydrogens is 300 g/mol. The summed E-state index contributed by atoms with van der Waals surface area (Å²) in [6.07, 6.45) is 3.48. The Morgan fingerprint density at radius 1 is 1.12 bits per heavy atom. The minimum atomic E-state index is -0.357. The van der Waals surface area contributed by atoms with E-state index < -0.39 is 0 Å². The number of rotatable bonds is 5. The maximum Gasteiger partial charge on any atom is 0.124 e. The summed E-state index contributed by atoms with van der Waals surface area (Å²) in [7, 11) is 0. The molecule has 0 spiro atoms. The molecule has 1 fully saturated rings. The van der Waals surface area contributed by atoms with Crippen molar-refractivity contribution in [3.8, 4) is 11.8 Å². The molecule has 2 aromatic carbocycles. The van der Waals surface area contributed by atoms with E-state index in [0.29, 0.717) is 12.1 Å². The fourth-order valence-corrected chi connectivity index (χ4v) is 3.00. The average Bonchev–Trinajstić information content (AvgIpc) is 2.63. The highest BCUT2D eigenvalue weighted by Gasteiger charge is 2.24. The molecule has 124 valence electrons. The predicted octanol–water partition coefficient (Wildman–Crippen LogP) is 3.85. The zero-order valence-electron chi connectivity index (χ0n) is 13.6. The van der Waals surface area contributed by atoms with Gasteiger partial charge in [0.25, 0.3) is 0 Å². The molecule has 3 rings (SSSR count). The van der Waals surface area contributed by atoms with Crippen LogP contribution in [0.3, 0.4) is 0 Å². The van der Waals surface area contributed by atoms with Gasteiger partial charge in [-0.2, -0.15) is 5.26 Å². The summed E-state index contributed by atoms with van der Waals surface area (Å²) in [4.78, 5) is 0. The molecule has 0 saturated heterocycles. The van der Waals surface area contributed by atoms with Crippen LogP contribution in [0.4, 0.5) is 5.69 Å². The summed E-state index contributed by atoms with van der Waals surface area (Å²) in [6.45, 7) is 0.664. The van der Waals surface area contributed by atoms with Crippen molar-refractivity contribution in [2.75, 3.05) is 5.32 Å². The smallest absolute Gasteiger partial charge is 0.124 e. The van der Waals surface area contributed by atoms with Crippen LogP contribution in [0.25, 0.3) is 0 Å². The van der Waals surface area contributed by atoms with Crippen LogP contribution in [0.5, 0.6) is 5.75 Å². The average molecular weight is 322 g/mol. The fourth-order valence-electron chi connectivity index (χ4n) is 3.00. The summed E-state index contributed by atoms with van der Waals surface area (Å²) in [5, 5.41) is 22.2. The molecule has 2 N–H and O–H groups in total. The van der Waals surface area contributed by atoms with Gasteiger partial charge in [-0.15, -0.1) is 0 Å². The van der Waals surface area contributed by atoms with Crippen molar-refractivity contribution in [1.82, 2.24) is 0 Å². The number of nitrogens with zero attached hydrogens (tertiary/aromatic N) is 1. The van der Waals surface area contributed by atoms with E-state index in [-0.39, 0.29) is 12.2 Å². The van der Waals surface area contributed by atoms with Gasteiger partial charge >= 0.3 is 0 Å². The molecule has 1 aliphatic rings. The number of benzene rings is 2. The number of aliphatic hydroxyl groups excluding tert-OH is 1. The van der Waals surface area contributed by atoms with Crippen LogP contribution in [0.15, 0.2) is 48.5 Å². The van der Waals surface area contributed by atoms with Crippen LogP contribution in [0.1, 0.15) is 36.8 Å². The van der Waals surface area contributed by atoms with Gasteiger partial charge in [0, 0.05) is 12.2 Å². The molecule has 0 heterocycles. The van der Waals surface area contributed by atoms with E-state index in [4.69, 9.17) is 10.00 Å². The Morgan fingerprint density at radius 2 is 1.92 bits per heavy atom.